The first-order valence-electron chi connectivity index (χ1n) is 12.1. The van der Waals surface area contributed by atoms with E-state index >= 15 is 0 Å². The lowest BCUT2D eigenvalue weighted by Gasteiger charge is -2.24. The highest BCUT2D eigenvalue weighted by atomic mass is 15.5. The number of hydrogen-bond donors (Lipinski definition) is 1. The molecule has 0 amide bonds. The van der Waals surface area contributed by atoms with Gasteiger partial charge in [-0.05, 0) is 66.8 Å². The minimum atomic E-state index is 0.167. The van der Waals surface area contributed by atoms with E-state index in [9.17, 15) is 0 Å². The number of nitrogens with one attached hydrogen (secondary N) is 1. The molecule has 3 aromatic rings. The van der Waals surface area contributed by atoms with E-state index in [-0.39, 0.29) is 5.54 Å². The Hall–Kier alpha value is -2.82. The smallest absolute Gasteiger partial charge is 0.205 e. The summed E-state index contributed by atoms with van der Waals surface area (Å²) in [7, 11) is 0. The molecule has 2 aromatic carbocycles. The molecular weight excluding hydrogens is 394 g/mol. The first-order chi connectivity index (χ1) is 15.6. The molecule has 0 saturated heterocycles. The number of hydrogen-bond acceptors (Lipinski definition) is 4. The van der Waals surface area contributed by atoms with Crippen LogP contribution in [-0.2, 0) is 6.42 Å². The van der Waals surface area contributed by atoms with Crippen molar-refractivity contribution in [2.75, 3.05) is 0 Å². The number of benzene rings is 2. The van der Waals surface area contributed by atoms with Gasteiger partial charge in [0.25, 0.3) is 0 Å². The van der Waals surface area contributed by atoms with E-state index < -0.39 is 0 Å². The predicted octanol–water partition coefficient (Wildman–Crippen LogP) is 6.68. The van der Waals surface area contributed by atoms with Crippen LogP contribution in [-0.4, -0.2) is 31.9 Å². The predicted molar refractivity (Wildman–Crippen MR) is 132 cm³/mol. The number of rotatable bonds is 9. The summed E-state index contributed by atoms with van der Waals surface area (Å²) in [5.41, 5.74) is 6.22. The normalized spacial score (nSPS) is 16.9. The third-order valence-electron chi connectivity index (χ3n) is 6.77. The van der Waals surface area contributed by atoms with Crippen molar-refractivity contribution < 1.29 is 0 Å². The minimum Gasteiger partial charge on any atom is -0.288 e. The molecule has 1 saturated carbocycles. The molecule has 5 heteroatoms. The van der Waals surface area contributed by atoms with Crippen molar-refractivity contribution in [1.82, 2.24) is 20.6 Å². The Bertz CT molecular complexity index is 1010. The molecule has 0 radical (unpaired) electrons. The van der Waals surface area contributed by atoms with Crippen molar-refractivity contribution in [1.29, 1.82) is 0 Å². The molecule has 1 heterocycles. The van der Waals surface area contributed by atoms with E-state index in [1.165, 1.54) is 55.4 Å². The van der Waals surface area contributed by atoms with Crippen molar-refractivity contribution in [3.8, 4) is 22.5 Å². The first-order valence-corrected chi connectivity index (χ1v) is 12.1. The average molecular weight is 430 g/mol. The molecule has 4 rings (SSSR count). The highest BCUT2D eigenvalue weighted by Crippen LogP contribution is 2.34. The molecule has 0 unspecified atom stereocenters. The second kappa shape index (κ2) is 10.2. The number of aliphatic imine (C=N–C) groups is 1. The zero-order chi connectivity index (χ0) is 22.4. The van der Waals surface area contributed by atoms with Gasteiger partial charge >= 0.3 is 0 Å². The first kappa shape index (κ1) is 22.4. The molecule has 32 heavy (non-hydrogen) atoms. The number of aromatic amines is 1. The summed E-state index contributed by atoms with van der Waals surface area (Å²) < 4.78 is 0. The van der Waals surface area contributed by atoms with E-state index in [0.717, 1.165) is 24.0 Å². The van der Waals surface area contributed by atoms with Crippen LogP contribution in [0.2, 0.25) is 0 Å². The molecule has 0 spiro atoms. The van der Waals surface area contributed by atoms with Crippen LogP contribution >= 0.6 is 0 Å². The van der Waals surface area contributed by atoms with Crippen molar-refractivity contribution >= 4 is 5.71 Å². The molecule has 1 N–H and O–H groups in total. The number of tetrazole rings is 1. The SMILES string of the molecule is CCCCC(=NC1(C)CCCC1)[C@@H](C)Cc1ccc(-c2ccccc2-c2nn[nH]n2)cc1. The van der Waals surface area contributed by atoms with E-state index in [2.05, 4.69) is 77.8 Å². The van der Waals surface area contributed by atoms with Gasteiger partial charge < -0.3 is 0 Å². The maximum Gasteiger partial charge on any atom is 0.205 e. The molecule has 0 bridgehead atoms. The van der Waals surface area contributed by atoms with Crippen LogP contribution in [0.25, 0.3) is 22.5 Å². The van der Waals surface area contributed by atoms with Gasteiger partial charge in [0.15, 0.2) is 0 Å². The van der Waals surface area contributed by atoms with Crippen LogP contribution in [0.1, 0.15) is 71.3 Å². The number of H-pyrrole nitrogens is 1. The van der Waals surface area contributed by atoms with Crippen LogP contribution in [0.15, 0.2) is 53.5 Å². The van der Waals surface area contributed by atoms with Crippen LogP contribution in [0.5, 0.6) is 0 Å². The Morgan fingerprint density at radius 2 is 1.78 bits per heavy atom. The number of aromatic nitrogens is 4. The molecule has 1 aliphatic rings. The van der Waals surface area contributed by atoms with Crippen LogP contribution in [0.3, 0.4) is 0 Å². The van der Waals surface area contributed by atoms with Gasteiger partial charge in [-0.2, -0.15) is 5.21 Å². The van der Waals surface area contributed by atoms with Gasteiger partial charge in [0, 0.05) is 11.3 Å². The summed E-state index contributed by atoms with van der Waals surface area (Å²) in [5.74, 6) is 1.09. The number of nitrogens with zero attached hydrogens (tertiary/aromatic N) is 4. The highest BCUT2D eigenvalue weighted by Gasteiger charge is 2.29. The van der Waals surface area contributed by atoms with Gasteiger partial charge in [0.05, 0.1) is 5.54 Å². The lowest BCUT2D eigenvalue weighted by atomic mass is 9.90. The summed E-state index contributed by atoms with van der Waals surface area (Å²) >= 11 is 0. The van der Waals surface area contributed by atoms with Gasteiger partial charge in [-0.15, -0.1) is 10.2 Å². The minimum absolute atomic E-state index is 0.167. The maximum atomic E-state index is 5.34. The Labute approximate surface area is 191 Å². The van der Waals surface area contributed by atoms with Gasteiger partial charge in [0.1, 0.15) is 0 Å². The molecule has 5 nitrogen and oxygen atoms in total. The standard InChI is InChI=1S/C27H35N5/c1-4-5-12-25(28-27(3)17-8-9-18-27)20(2)19-21-13-15-22(16-14-21)23-10-6-7-11-24(23)26-29-31-32-30-26/h6-7,10-11,13-16,20H,4-5,8-9,12,17-19H2,1-3H3,(H,29,30,31,32)/t20-/m0/s1. The molecule has 1 fully saturated rings. The second-order valence-corrected chi connectivity index (χ2v) is 9.49. The Balaban J connectivity index is 1.51. The fourth-order valence-electron chi connectivity index (χ4n) is 4.86. The summed E-state index contributed by atoms with van der Waals surface area (Å²) in [6.07, 6.45) is 9.73. The van der Waals surface area contributed by atoms with E-state index in [1.54, 1.807) is 0 Å². The molecule has 1 atom stereocenters. The number of unbranched alkanes of at least 4 members (excludes halogenated alkanes) is 1. The van der Waals surface area contributed by atoms with Crippen LogP contribution in [0.4, 0.5) is 0 Å². The summed E-state index contributed by atoms with van der Waals surface area (Å²) in [5, 5.41) is 14.6. The fraction of sp³-hybridized carbons (Fsp3) is 0.481. The van der Waals surface area contributed by atoms with Crippen molar-refractivity contribution in [3.05, 3.63) is 54.1 Å². The third kappa shape index (κ3) is 5.32. The van der Waals surface area contributed by atoms with Gasteiger partial charge in [0.2, 0.25) is 5.82 Å². The Kier molecular flexibility index (Phi) is 7.13. The fourth-order valence-corrected chi connectivity index (χ4v) is 4.86. The van der Waals surface area contributed by atoms with E-state index in [4.69, 9.17) is 4.99 Å². The lowest BCUT2D eigenvalue weighted by Crippen LogP contribution is -2.23. The van der Waals surface area contributed by atoms with Crippen molar-refractivity contribution in [3.63, 3.8) is 0 Å². The van der Waals surface area contributed by atoms with Gasteiger partial charge in [-0.1, -0.05) is 81.6 Å². The quantitative estimate of drug-likeness (QED) is 0.386. The maximum absolute atomic E-state index is 5.34. The zero-order valence-electron chi connectivity index (χ0n) is 19.6. The average Bonchev–Trinajstić information content (AvgIpc) is 3.49. The van der Waals surface area contributed by atoms with E-state index in [0.29, 0.717) is 11.7 Å². The molecular formula is C27H35N5. The van der Waals surface area contributed by atoms with Crippen molar-refractivity contribution in [2.24, 2.45) is 10.9 Å². The largest absolute Gasteiger partial charge is 0.288 e. The Morgan fingerprint density at radius 1 is 1.06 bits per heavy atom. The Morgan fingerprint density at radius 3 is 2.44 bits per heavy atom. The molecule has 1 aromatic heterocycles. The van der Waals surface area contributed by atoms with Gasteiger partial charge in [-0.3, -0.25) is 4.99 Å². The summed E-state index contributed by atoms with van der Waals surface area (Å²) in [6.45, 7) is 6.98. The topological polar surface area (TPSA) is 66.8 Å². The van der Waals surface area contributed by atoms with Crippen LogP contribution < -0.4 is 0 Å². The summed E-state index contributed by atoms with van der Waals surface area (Å²) in [4.78, 5) is 5.34. The zero-order valence-corrected chi connectivity index (χ0v) is 19.6. The summed E-state index contributed by atoms with van der Waals surface area (Å²) in [6, 6.07) is 17.1. The van der Waals surface area contributed by atoms with Crippen LogP contribution in [0, 0.1) is 5.92 Å². The monoisotopic (exact) mass is 429 g/mol. The highest BCUT2D eigenvalue weighted by molar-refractivity contribution is 5.87. The molecule has 1 aliphatic carbocycles. The second-order valence-electron chi connectivity index (χ2n) is 9.49. The van der Waals surface area contributed by atoms with Crippen molar-refractivity contribution in [2.45, 2.75) is 77.7 Å². The third-order valence-corrected chi connectivity index (χ3v) is 6.77. The lowest BCUT2D eigenvalue weighted by molar-refractivity contribution is 0.483. The van der Waals surface area contributed by atoms with E-state index in [1.807, 2.05) is 12.1 Å². The molecule has 0 aliphatic heterocycles. The van der Waals surface area contributed by atoms with Gasteiger partial charge in [-0.25, -0.2) is 0 Å². The molecule has 168 valence electrons.